The van der Waals surface area contributed by atoms with Crippen LogP contribution in [0.5, 0.6) is 5.75 Å². The Morgan fingerprint density at radius 3 is 2.38 bits per heavy atom. The van der Waals surface area contributed by atoms with Gasteiger partial charge >= 0.3 is 0 Å². The minimum atomic E-state index is 0.307. The number of thiocarbonyl (C=S) groups is 1. The summed E-state index contributed by atoms with van der Waals surface area (Å²) in [4.78, 5) is 0.377. The number of para-hydroxylation sites is 1. The van der Waals surface area contributed by atoms with E-state index in [9.17, 15) is 0 Å². The Hall–Kier alpha value is -1.09. The molecule has 13 heavy (non-hydrogen) atoms. The Morgan fingerprint density at radius 2 is 1.92 bits per heavy atom. The third-order valence-corrected chi connectivity index (χ3v) is 1.89. The standard InChI is InChI=1S/C10H13NOS/c1-7-4-3-5-8(2)10(7)12-6-9(11)13/h3-5H,6H2,1-2H3,(H2,11,13). The van der Waals surface area contributed by atoms with Crippen molar-refractivity contribution in [3.8, 4) is 5.75 Å². The van der Waals surface area contributed by atoms with Crippen molar-refractivity contribution in [3.63, 3.8) is 0 Å². The molecule has 0 fully saturated rings. The molecular formula is C10H13NOS. The monoisotopic (exact) mass is 195 g/mol. The van der Waals surface area contributed by atoms with E-state index in [0.717, 1.165) is 16.9 Å². The molecule has 3 heteroatoms. The lowest BCUT2D eigenvalue weighted by molar-refractivity contribution is 0.372. The van der Waals surface area contributed by atoms with Crippen LogP contribution in [0.4, 0.5) is 0 Å². The smallest absolute Gasteiger partial charge is 0.138 e. The highest BCUT2D eigenvalue weighted by Gasteiger charge is 2.02. The normalized spacial score (nSPS) is 9.69. The summed E-state index contributed by atoms with van der Waals surface area (Å²) in [7, 11) is 0. The van der Waals surface area contributed by atoms with Gasteiger partial charge in [-0.3, -0.25) is 0 Å². The van der Waals surface area contributed by atoms with Crippen LogP contribution in [0.1, 0.15) is 11.1 Å². The number of benzene rings is 1. The van der Waals surface area contributed by atoms with Crippen molar-refractivity contribution in [2.75, 3.05) is 6.61 Å². The molecule has 0 atom stereocenters. The average molecular weight is 195 g/mol. The first-order valence-corrected chi connectivity index (χ1v) is 4.49. The van der Waals surface area contributed by atoms with Crippen LogP contribution in [0.15, 0.2) is 18.2 Å². The number of nitrogens with two attached hydrogens (primary N) is 1. The second-order valence-electron chi connectivity index (χ2n) is 2.98. The molecule has 1 aromatic carbocycles. The molecule has 0 amide bonds. The SMILES string of the molecule is Cc1cccc(C)c1OCC(N)=S. The lowest BCUT2D eigenvalue weighted by atomic mass is 10.1. The summed E-state index contributed by atoms with van der Waals surface area (Å²) in [6.45, 7) is 4.31. The molecule has 0 saturated carbocycles. The van der Waals surface area contributed by atoms with Gasteiger partial charge in [0, 0.05) is 0 Å². The topological polar surface area (TPSA) is 35.2 Å². The highest BCUT2D eigenvalue weighted by Crippen LogP contribution is 2.21. The number of aryl methyl sites for hydroxylation is 2. The molecule has 2 N–H and O–H groups in total. The highest BCUT2D eigenvalue weighted by atomic mass is 32.1. The number of ether oxygens (including phenoxy) is 1. The molecule has 0 saturated heterocycles. The first-order valence-electron chi connectivity index (χ1n) is 4.08. The Kier molecular flexibility index (Phi) is 3.25. The van der Waals surface area contributed by atoms with Gasteiger partial charge in [-0.1, -0.05) is 30.4 Å². The van der Waals surface area contributed by atoms with Gasteiger partial charge < -0.3 is 10.5 Å². The third kappa shape index (κ3) is 2.70. The Balaban J connectivity index is 2.81. The van der Waals surface area contributed by atoms with Crippen molar-refractivity contribution < 1.29 is 4.74 Å². The molecule has 1 aromatic rings. The third-order valence-electron chi connectivity index (χ3n) is 1.77. The van der Waals surface area contributed by atoms with Crippen molar-refractivity contribution in [3.05, 3.63) is 29.3 Å². The van der Waals surface area contributed by atoms with Crippen molar-refractivity contribution in [2.45, 2.75) is 13.8 Å². The zero-order valence-corrected chi connectivity index (χ0v) is 8.65. The zero-order chi connectivity index (χ0) is 9.84. The fourth-order valence-electron chi connectivity index (χ4n) is 1.17. The molecule has 0 unspecified atom stereocenters. The van der Waals surface area contributed by atoms with Crippen LogP contribution in [-0.2, 0) is 0 Å². The summed E-state index contributed by atoms with van der Waals surface area (Å²) in [5.41, 5.74) is 7.56. The van der Waals surface area contributed by atoms with Crippen LogP contribution in [0.3, 0.4) is 0 Å². The van der Waals surface area contributed by atoms with E-state index in [4.69, 9.17) is 22.7 Å². The predicted octanol–water partition coefficient (Wildman–Crippen LogP) is 1.97. The molecule has 0 spiro atoms. The molecule has 0 radical (unpaired) electrons. The van der Waals surface area contributed by atoms with Gasteiger partial charge in [-0.05, 0) is 25.0 Å². The van der Waals surface area contributed by atoms with Gasteiger partial charge in [-0.15, -0.1) is 0 Å². The van der Waals surface area contributed by atoms with E-state index < -0.39 is 0 Å². The molecule has 0 bridgehead atoms. The van der Waals surface area contributed by atoms with Crippen LogP contribution in [0.25, 0.3) is 0 Å². The van der Waals surface area contributed by atoms with Crippen LogP contribution in [0, 0.1) is 13.8 Å². The van der Waals surface area contributed by atoms with E-state index >= 15 is 0 Å². The molecular weight excluding hydrogens is 182 g/mol. The second kappa shape index (κ2) is 4.23. The fourth-order valence-corrected chi connectivity index (χ4v) is 1.23. The summed E-state index contributed by atoms with van der Waals surface area (Å²) >= 11 is 4.73. The Labute approximate surface area is 83.7 Å². The largest absolute Gasteiger partial charge is 0.486 e. The summed E-state index contributed by atoms with van der Waals surface area (Å²) in [5, 5.41) is 0. The first-order chi connectivity index (χ1) is 6.11. The molecule has 0 heterocycles. The molecule has 0 aromatic heterocycles. The summed E-state index contributed by atoms with van der Waals surface area (Å²) in [6.07, 6.45) is 0. The van der Waals surface area contributed by atoms with Gasteiger partial charge in [-0.2, -0.15) is 0 Å². The molecule has 0 aliphatic heterocycles. The number of hydrogen-bond acceptors (Lipinski definition) is 2. The van der Waals surface area contributed by atoms with E-state index in [1.54, 1.807) is 0 Å². The molecule has 0 aliphatic carbocycles. The fraction of sp³-hybridized carbons (Fsp3) is 0.300. The summed E-state index contributed by atoms with van der Waals surface area (Å²) in [5.74, 6) is 0.885. The van der Waals surface area contributed by atoms with E-state index in [1.165, 1.54) is 0 Å². The maximum Gasteiger partial charge on any atom is 0.138 e. The predicted molar refractivity (Wildman–Crippen MR) is 58.2 cm³/mol. The highest BCUT2D eigenvalue weighted by molar-refractivity contribution is 7.80. The van der Waals surface area contributed by atoms with Crippen molar-refractivity contribution in [1.82, 2.24) is 0 Å². The average Bonchev–Trinajstić information content (AvgIpc) is 2.03. The van der Waals surface area contributed by atoms with Crippen molar-refractivity contribution >= 4 is 17.2 Å². The number of rotatable bonds is 3. The number of hydrogen-bond donors (Lipinski definition) is 1. The van der Waals surface area contributed by atoms with Gasteiger partial charge in [-0.25, -0.2) is 0 Å². The van der Waals surface area contributed by atoms with Gasteiger partial charge in [0.05, 0.1) is 0 Å². The minimum Gasteiger partial charge on any atom is -0.486 e. The van der Waals surface area contributed by atoms with Crippen LogP contribution < -0.4 is 10.5 Å². The summed E-state index contributed by atoms with van der Waals surface area (Å²) in [6, 6.07) is 6.00. The van der Waals surface area contributed by atoms with Crippen LogP contribution >= 0.6 is 12.2 Å². The maximum absolute atomic E-state index is 5.46. The van der Waals surface area contributed by atoms with Crippen LogP contribution in [0.2, 0.25) is 0 Å². The zero-order valence-electron chi connectivity index (χ0n) is 7.83. The van der Waals surface area contributed by atoms with Gasteiger partial charge in [0.25, 0.3) is 0 Å². The summed E-state index contributed by atoms with van der Waals surface area (Å²) < 4.78 is 5.46. The van der Waals surface area contributed by atoms with Gasteiger partial charge in [0.2, 0.25) is 0 Å². The Morgan fingerprint density at radius 1 is 1.38 bits per heavy atom. The molecule has 70 valence electrons. The van der Waals surface area contributed by atoms with E-state index in [-0.39, 0.29) is 0 Å². The lowest BCUT2D eigenvalue weighted by Crippen LogP contribution is -2.18. The van der Waals surface area contributed by atoms with Gasteiger partial charge in [0.1, 0.15) is 17.3 Å². The maximum atomic E-state index is 5.46. The quantitative estimate of drug-likeness (QED) is 0.749. The van der Waals surface area contributed by atoms with Gasteiger partial charge in [0.15, 0.2) is 0 Å². The Bertz CT molecular complexity index is 302. The van der Waals surface area contributed by atoms with Crippen molar-refractivity contribution in [2.24, 2.45) is 5.73 Å². The first kappa shape index (κ1) is 9.99. The minimum absolute atomic E-state index is 0.307. The van der Waals surface area contributed by atoms with Crippen molar-refractivity contribution in [1.29, 1.82) is 0 Å². The molecule has 2 nitrogen and oxygen atoms in total. The molecule has 1 rings (SSSR count). The van der Waals surface area contributed by atoms with E-state index in [0.29, 0.717) is 11.6 Å². The van der Waals surface area contributed by atoms with E-state index in [1.807, 2.05) is 32.0 Å². The van der Waals surface area contributed by atoms with E-state index in [2.05, 4.69) is 0 Å². The van der Waals surface area contributed by atoms with Crippen LogP contribution in [-0.4, -0.2) is 11.6 Å². The second-order valence-corrected chi connectivity index (χ2v) is 3.50. The molecule has 0 aliphatic rings. The lowest BCUT2D eigenvalue weighted by Gasteiger charge is -2.10.